The van der Waals surface area contributed by atoms with Gasteiger partial charge in [-0.3, -0.25) is 14.3 Å². The fraction of sp³-hybridized carbons (Fsp3) is 0.333. The van der Waals surface area contributed by atoms with Crippen molar-refractivity contribution in [1.29, 1.82) is 5.26 Å². The molecule has 0 bridgehead atoms. The quantitative estimate of drug-likeness (QED) is 0.609. The number of H-pyrrole nitrogens is 1. The minimum Gasteiger partial charge on any atom is -0.334 e. The van der Waals surface area contributed by atoms with Crippen molar-refractivity contribution in [2.45, 2.75) is 13.0 Å². The van der Waals surface area contributed by atoms with Crippen molar-refractivity contribution >= 4 is 5.91 Å². The number of hydrogen-bond acceptors (Lipinski definition) is 5. The lowest BCUT2D eigenvalue weighted by molar-refractivity contribution is 0.0934. The maximum atomic E-state index is 11.1. The molecule has 68 valence electrons. The first-order valence-corrected chi connectivity index (χ1v) is 3.40. The molecule has 1 aromatic rings. The monoisotopic (exact) mass is 182 g/mol. The molecule has 2 N–H and O–H groups in total. The molecule has 1 heterocycles. The van der Waals surface area contributed by atoms with Gasteiger partial charge in [0, 0.05) is 0 Å². The Balaban J connectivity index is 2.71. The molecule has 0 aliphatic heterocycles. The molecule has 1 aromatic heterocycles. The number of carbonyl (C=O) groups excluding carboxylic acids is 1. The summed E-state index contributed by atoms with van der Waals surface area (Å²) in [6.45, 7) is 1.50. The van der Waals surface area contributed by atoms with Crippen molar-refractivity contribution in [3.63, 3.8) is 0 Å². The predicted octanol–water partition coefficient (Wildman–Crippen LogP) is -0.995. The topological polar surface area (TPSA) is 112 Å². The van der Waals surface area contributed by atoms with Crippen molar-refractivity contribution in [3.8, 4) is 6.07 Å². The van der Waals surface area contributed by atoms with Gasteiger partial charge in [-0.1, -0.05) is 0 Å². The zero-order valence-electron chi connectivity index (χ0n) is 6.70. The number of aromatic nitrogens is 2. The summed E-state index contributed by atoms with van der Waals surface area (Å²) in [4.78, 5) is 23.5. The van der Waals surface area contributed by atoms with Gasteiger partial charge in [0.2, 0.25) is 5.82 Å². The first-order valence-electron chi connectivity index (χ1n) is 3.40. The number of carbonyl (C=O) groups is 1. The third kappa shape index (κ3) is 2.16. The molecule has 0 aromatic carbocycles. The van der Waals surface area contributed by atoms with Gasteiger partial charge in [0.25, 0.3) is 5.91 Å². The summed E-state index contributed by atoms with van der Waals surface area (Å²) in [6, 6.07) is 1.14. The summed E-state index contributed by atoms with van der Waals surface area (Å²) in [6.07, 6.45) is 0. The molecule has 0 fully saturated rings. The lowest BCUT2D eigenvalue weighted by Gasteiger charge is -2.01. The van der Waals surface area contributed by atoms with Crippen molar-refractivity contribution in [2.24, 2.45) is 0 Å². The Hall–Kier alpha value is -2.10. The van der Waals surface area contributed by atoms with E-state index in [1.54, 1.807) is 6.07 Å². The largest absolute Gasteiger partial charge is 0.439 e. The van der Waals surface area contributed by atoms with Crippen molar-refractivity contribution in [2.75, 3.05) is 0 Å². The second-order valence-electron chi connectivity index (χ2n) is 2.27. The van der Waals surface area contributed by atoms with E-state index < -0.39 is 17.7 Å². The predicted molar refractivity (Wildman–Crippen MR) is 39.7 cm³/mol. The van der Waals surface area contributed by atoms with E-state index in [0.29, 0.717) is 0 Å². The SMILES string of the molecule is C[C@H](C#N)NC(=O)c1noc(=O)[nH]1. The molecular weight excluding hydrogens is 176 g/mol. The first kappa shape index (κ1) is 8.99. The van der Waals surface area contributed by atoms with Gasteiger partial charge >= 0.3 is 5.76 Å². The third-order valence-electron chi connectivity index (χ3n) is 1.20. The third-order valence-corrected chi connectivity index (χ3v) is 1.20. The standard InChI is InChI=1S/C6H6N4O3/c1-3(2-7)8-5(11)4-9-6(12)13-10-4/h3H,1H3,(H,8,11)(H,9,10,12)/t3-/m1/s1. The lowest BCUT2D eigenvalue weighted by Crippen LogP contribution is -2.32. The number of nitrogens with zero attached hydrogens (tertiary/aromatic N) is 2. The van der Waals surface area contributed by atoms with Crippen LogP contribution in [0.2, 0.25) is 0 Å². The molecule has 1 amide bonds. The van der Waals surface area contributed by atoms with E-state index in [1.807, 2.05) is 0 Å². The van der Waals surface area contributed by atoms with E-state index in [-0.39, 0.29) is 5.82 Å². The second-order valence-corrected chi connectivity index (χ2v) is 2.27. The van der Waals surface area contributed by atoms with Gasteiger partial charge in [0.15, 0.2) is 0 Å². The maximum Gasteiger partial charge on any atom is 0.439 e. The lowest BCUT2D eigenvalue weighted by atomic mass is 10.4. The van der Waals surface area contributed by atoms with Gasteiger partial charge in [-0.2, -0.15) is 5.26 Å². The molecule has 0 aliphatic carbocycles. The van der Waals surface area contributed by atoms with Crippen molar-refractivity contribution in [1.82, 2.24) is 15.5 Å². The van der Waals surface area contributed by atoms with Crippen LogP contribution in [-0.2, 0) is 0 Å². The minimum absolute atomic E-state index is 0.243. The smallest absolute Gasteiger partial charge is 0.334 e. The maximum absolute atomic E-state index is 11.1. The van der Waals surface area contributed by atoms with Crippen LogP contribution in [0.5, 0.6) is 0 Å². The van der Waals surface area contributed by atoms with Crippen molar-refractivity contribution < 1.29 is 9.32 Å². The molecule has 0 radical (unpaired) electrons. The zero-order chi connectivity index (χ0) is 9.84. The van der Waals surface area contributed by atoms with E-state index in [1.165, 1.54) is 6.92 Å². The Labute approximate surface area is 72.3 Å². The van der Waals surface area contributed by atoms with Crippen LogP contribution >= 0.6 is 0 Å². The Morgan fingerprint density at radius 2 is 2.54 bits per heavy atom. The number of rotatable bonds is 2. The van der Waals surface area contributed by atoms with Crippen LogP contribution in [-0.4, -0.2) is 22.1 Å². The van der Waals surface area contributed by atoms with E-state index in [4.69, 9.17) is 5.26 Å². The van der Waals surface area contributed by atoms with Gasteiger partial charge in [0.1, 0.15) is 6.04 Å². The van der Waals surface area contributed by atoms with Gasteiger partial charge in [-0.25, -0.2) is 4.79 Å². The van der Waals surface area contributed by atoms with Crippen LogP contribution in [0.4, 0.5) is 0 Å². The molecule has 0 spiro atoms. The number of nitriles is 1. The minimum atomic E-state index is -0.810. The van der Waals surface area contributed by atoms with E-state index in [2.05, 4.69) is 20.0 Å². The summed E-state index contributed by atoms with van der Waals surface area (Å²) in [7, 11) is 0. The Morgan fingerprint density at radius 1 is 1.85 bits per heavy atom. The number of nitrogens with one attached hydrogen (secondary N) is 2. The molecule has 7 heteroatoms. The summed E-state index contributed by atoms with van der Waals surface area (Å²) >= 11 is 0. The second kappa shape index (κ2) is 3.53. The van der Waals surface area contributed by atoms with Crippen LogP contribution in [0, 0.1) is 11.3 Å². The molecule has 0 aliphatic rings. The van der Waals surface area contributed by atoms with Crippen molar-refractivity contribution in [3.05, 3.63) is 16.4 Å². The molecule has 7 nitrogen and oxygen atoms in total. The fourth-order valence-corrected chi connectivity index (χ4v) is 0.625. The first-order chi connectivity index (χ1) is 6.13. The van der Waals surface area contributed by atoms with Crippen LogP contribution in [0.15, 0.2) is 9.32 Å². The highest BCUT2D eigenvalue weighted by Crippen LogP contribution is 1.86. The van der Waals surface area contributed by atoms with Gasteiger partial charge in [0.05, 0.1) is 6.07 Å². The zero-order valence-corrected chi connectivity index (χ0v) is 6.70. The average molecular weight is 182 g/mol. The molecule has 0 unspecified atom stereocenters. The average Bonchev–Trinajstić information content (AvgIpc) is 2.51. The number of amides is 1. The molecular formula is C6H6N4O3. The number of aromatic amines is 1. The van der Waals surface area contributed by atoms with Gasteiger partial charge in [-0.15, -0.1) is 0 Å². The summed E-state index contributed by atoms with van der Waals surface area (Å²) in [5, 5.41) is 13.8. The van der Waals surface area contributed by atoms with Gasteiger partial charge in [-0.05, 0) is 12.1 Å². The number of hydrogen-bond donors (Lipinski definition) is 2. The highest BCUT2D eigenvalue weighted by Gasteiger charge is 2.13. The van der Waals surface area contributed by atoms with Crippen LogP contribution in [0.25, 0.3) is 0 Å². The summed E-state index contributed by atoms with van der Waals surface area (Å²) in [5.41, 5.74) is 0. The fourth-order valence-electron chi connectivity index (χ4n) is 0.625. The Bertz CT molecular complexity index is 399. The highest BCUT2D eigenvalue weighted by molar-refractivity contribution is 5.90. The van der Waals surface area contributed by atoms with Gasteiger partial charge < -0.3 is 5.32 Å². The Morgan fingerprint density at radius 3 is 3.00 bits per heavy atom. The van der Waals surface area contributed by atoms with E-state index in [9.17, 15) is 9.59 Å². The summed E-state index contributed by atoms with van der Waals surface area (Å²) in [5.74, 6) is -1.71. The molecule has 0 saturated heterocycles. The normalized spacial score (nSPS) is 11.7. The van der Waals surface area contributed by atoms with Crippen LogP contribution < -0.4 is 11.1 Å². The summed E-state index contributed by atoms with van der Waals surface area (Å²) < 4.78 is 4.10. The molecule has 13 heavy (non-hydrogen) atoms. The molecule has 1 rings (SSSR count). The van der Waals surface area contributed by atoms with E-state index >= 15 is 0 Å². The van der Waals surface area contributed by atoms with E-state index in [0.717, 1.165) is 0 Å². The highest BCUT2D eigenvalue weighted by atomic mass is 16.5. The Kier molecular flexibility index (Phi) is 2.44. The van der Waals surface area contributed by atoms with Crippen LogP contribution in [0.3, 0.4) is 0 Å². The molecule has 0 saturated carbocycles. The van der Waals surface area contributed by atoms with Crippen LogP contribution in [0.1, 0.15) is 17.5 Å². The molecule has 1 atom stereocenters.